The van der Waals surface area contributed by atoms with Gasteiger partial charge in [0.1, 0.15) is 11.6 Å². The molecule has 0 radical (unpaired) electrons. The summed E-state index contributed by atoms with van der Waals surface area (Å²) in [6.07, 6.45) is 5.37. The minimum Gasteiger partial charge on any atom is -0.439 e. The fourth-order valence-corrected chi connectivity index (χ4v) is 5.39. The van der Waals surface area contributed by atoms with Gasteiger partial charge in [-0.05, 0) is 73.2 Å². The van der Waals surface area contributed by atoms with Crippen LogP contribution in [0.25, 0.3) is 21.8 Å². The lowest BCUT2D eigenvalue weighted by Crippen LogP contribution is -2.45. The second-order valence-corrected chi connectivity index (χ2v) is 11.8. The fraction of sp³-hybridized carbons (Fsp3) is 0.375. The van der Waals surface area contributed by atoms with Crippen molar-refractivity contribution in [3.63, 3.8) is 0 Å². The molecule has 0 bridgehead atoms. The van der Waals surface area contributed by atoms with E-state index in [-0.39, 0.29) is 36.6 Å². The molecule has 0 spiro atoms. The molecule has 10 heteroatoms. The number of ether oxygens (including phenoxy) is 2. The SMILES string of the molecule is CC(C)c1c(F)ccc2c1ccn2C[C@@](C)(N)OC(=O)/C=C/C(=O)O[C@](C)(N)Cn1ccc2c(C(C)C)c(F)ccc21. The monoisotopic (exact) mass is 580 g/mol. The molecule has 0 amide bonds. The van der Waals surface area contributed by atoms with Crippen molar-refractivity contribution in [1.29, 1.82) is 0 Å². The van der Waals surface area contributed by atoms with Crippen LogP contribution in [0.4, 0.5) is 8.78 Å². The van der Waals surface area contributed by atoms with E-state index in [1.165, 1.54) is 26.0 Å². The molecule has 2 aromatic carbocycles. The van der Waals surface area contributed by atoms with Crippen molar-refractivity contribution in [3.8, 4) is 0 Å². The maximum absolute atomic E-state index is 14.4. The van der Waals surface area contributed by atoms with E-state index in [0.717, 1.165) is 34.0 Å². The number of rotatable bonds is 10. The Morgan fingerprint density at radius 1 is 0.738 bits per heavy atom. The Morgan fingerprint density at radius 2 is 1.10 bits per heavy atom. The number of hydrogen-bond donors (Lipinski definition) is 2. The molecular formula is C32H38F2N4O4. The highest BCUT2D eigenvalue weighted by Gasteiger charge is 2.27. The lowest BCUT2D eigenvalue weighted by molar-refractivity contribution is -0.155. The van der Waals surface area contributed by atoms with Crippen molar-refractivity contribution in [2.45, 2.75) is 77.9 Å². The van der Waals surface area contributed by atoms with Crippen LogP contribution in [-0.2, 0) is 32.2 Å². The first-order valence-electron chi connectivity index (χ1n) is 13.8. The molecule has 4 rings (SSSR count). The number of benzene rings is 2. The van der Waals surface area contributed by atoms with Crippen molar-refractivity contribution >= 4 is 33.7 Å². The maximum atomic E-state index is 14.4. The molecule has 0 aliphatic heterocycles. The van der Waals surface area contributed by atoms with E-state index in [1.807, 2.05) is 39.8 Å². The third-order valence-electron chi connectivity index (χ3n) is 7.03. The average molecular weight is 581 g/mol. The molecule has 0 fully saturated rings. The highest BCUT2D eigenvalue weighted by molar-refractivity contribution is 5.92. The Labute approximate surface area is 243 Å². The van der Waals surface area contributed by atoms with E-state index in [1.54, 1.807) is 33.7 Å². The highest BCUT2D eigenvalue weighted by Crippen LogP contribution is 2.31. The summed E-state index contributed by atoms with van der Waals surface area (Å²) in [4.78, 5) is 25.0. The molecule has 42 heavy (non-hydrogen) atoms. The lowest BCUT2D eigenvalue weighted by atomic mass is 9.98. The van der Waals surface area contributed by atoms with Gasteiger partial charge in [0.2, 0.25) is 0 Å². The lowest BCUT2D eigenvalue weighted by Gasteiger charge is -2.26. The van der Waals surface area contributed by atoms with Crippen molar-refractivity contribution in [1.82, 2.24) is 9.13 Å². The number of aromatic nitrogens is 2. The zero-order valence-corrected chi connectivity index (χ0v) is 24.8. The molecule has 4 N–H and O–H groups in total. The molecule has 4 aromatic rings. The summed E-state index contributed by atoms with van der Waals surface area (Å²) in [5, 5.41) is 1.53. The van der Waals surface area contributed by atoms with Crippen LogP contribution in [0.3, 0.4) is 0 Å². The fourth-order valence-electron chi connectivity index (χ4n) is 5.39. The molecule has 8 nitrogen and oxygen atoms in total. The third kappa shape index (κ3) is 6.71. The average Bonchev–Trinajstić information content (AvgIpc) is 3.44. The number of hydrogen-bond acceptors (Lipinski definition) is 6. The first-order valence-corrected chi connectivity index (χ1v) is 13.8. The zero-order chi connectivity index (χ0) is 31.0. The summed E-state index contributed by atoms with van der Waals surface area (Å²) in [6, 6.07) is 9.76. The molecule has 0 saturated carbocycles. The van der Waals surface area contributed by atoms with Crippen LogP contribution in [0.15, 0.2) is 60.9 Å². The van der Waals surface area contributed by atoms with Crippen LogP contribution >= 0.6 is 0 Å². The number of fused-ring (bicyclic) bond motifs is 2. The van der Waals surface area contributed by atoms with Gasteiger partial charge in [0.15, 0.2) is 11.4 Å². The minimum absolute atomic E-state index is 0.0168. The van der Waals surface area contributed by atoms with Crippen molar-refractivity contribution in [2.24, 2.45) is 11.5 Å². The molecule has 0 aliphatic rings. The van der Waals surface area contributed by atoms with Crippen LogP contribution in [0.2, 0.25) is 0 Å². The van der Waals surface area contributed by atoms with Gasteiger partial charge in [0.05, 0.1) is 13.1 Å². The van der Waals surface area contributed by atoms with Crippen LogP contribution < -0.4 is 11.5 Å². The van der Waals surface area contributed by atoms with Crippen molar-refractivity contribution in [3.05, 3.63) is 83.7 Å². The van der Waals surface area contributed by atoms with Crippen LogP contribution in [0, 0.1) is 11.6 Å². The molecule has 2 aromatic heterocycles. The predicted octanol–water partition coefficient (Wildman–Crippen LogP) is 5.81. The van der Waals surface area contributed by atoms with Gasteiger partial charge in [-0.15, -0.1) is 0 Å². The Kier molecular flexibility index (Phi) is 8.61. The van der Waals surface area contributed by atoms with Gasteiger partial charge in [-0.2, -0.15) is 0 Å². The van der Waals surface area contributed by atoms with Gasteiger partial charge in [0.25, 0.3) is 0 Å². The Bertz CT molecular complexity index is 1540. The van der Waals surface area contributed by atoms with Gasteiger partial charge in [0, 0.05) is 46.4 Å². The predicted molar refractivity (Wildman–Crippen MR) is 158 cm³/mol. The largest absolute Gasteiger partial charge is 0.439 e. The molecule has 2 heterocycles. The van der Waals surface area contributed by atoms with Gasteiger partial charge in [-0.1, -0.05) is 27.7 Å². The van der Waals surface area contributed by atoms with Crippen molar-refractivity contribution < 1.29 is 27.8 Å². The molecule has 0 aliphatic carbocycles. The van der Waals surface area contributed by atoms with E-state index in [9.17, 15) is 18.4 Å². The maximum Gasteiger partial charge on any atom is 0.332 e. The molecule has 0 unspecified atom stereocenters. The zero-order valence-electron chi connectivity index (χ0n) is 24.8. The summed E-state index contributed by atoms with van der Waals surface area (Å²) in [5.74, 6) is -2.28. The van der Waals surface area contributed by atoms with Crippen LogP contribution in [0.1, 0.15) is 64.5 Å². The van der Waals surface area contributed by atoms with E-state index in [0.29, 0.717) is 11.1 Å². The van der Waals surface area contributed by atoms with E-state index < -0.39 is 23.4 Å². The normalized spacial score (nSPS) is 15.0. The number of nitrogens with two attached hydrogens (primary N) is 2. The van der Waals surface area contributed by atoms with Gasteiger partial charge < -0.3 is 18.6 Å². The summed E-state index contributed by atoms with van der Waals surface area (Å²) in [7, 11) is 0. The van der Waals surface area contributed by atoms with E-state index in [2.05, 4.69) is 0 Å². The van der Waals surface area contributed by atoms with Crippen molar-refractivity contribution in [2.75, 3.05) is 0 Å². The smallest absolute Gasteiger partial charge is 0.332 e. The number of carbonyl (C=O) groups excluding carboxylic acids is 2. The summed E-state index contributed by atoms with van der Waals surface area (Å²) >= 11 is 0. The molecule has 224 valence electrons. The Hall–Kier alpha value is -4.02. The molecular weight excluding hydrogens is 542 g/mol. The van der Waals surface area contributed by atoms with Gasteiger partial charge in [-0.25, -0.2) is 18.4 Å². The second kappa shape index (κ2) is 11.7. The number of nitrogens with zero attached hydrogens (tertiary/aromatic N) is 2. The molecule has 0 saturated heterocycles. The molecule has 2 atom stereocenters. The number of halogens is 2. The summed E-state index contributed by atoms with van der Waals surface area (Å²) < 4.78 is 43.1. The Balaban J connectivity index is 1.38. The quantitative estimate of drug-likeness (QED) is 0.139. The summed E-state index contributed by atoms with van der Waals surface area (Å²) in [5.41, 5.74) is 12.4. The topological polar surface area (TPSA) is 114 Å². The van der Waals surface area contributed by atoms with E-state index in [4.69, 9.17) is 20.9 Å². The summed E-state index contributed by atoms with van der Waals surface area (Å²) in [6.45, 7) is 10.9. The standard InChI is InChI=1S/C32H38F2N4O4/c1-19(2)29-21-13-15-37(25(21)9-7-23(29)33)17-31(5,35)41-27(39)11-12-28(40)42-32(6,36)18-38-16-14-22-26(38)10-8-24(34)30(22)20(3)4/h7-16,19-20H,17-18,35-36H2,1-6H3/b12-11+/t31-,32-/m0/s1. The number of esters is 2. The van der Waals surface area contributed by atoms with Crippen LogP contribution in [-0.4, -0.2) is 32.5 Å². The number of carbonyl (C=O) groups is 2. The first kappa shape index (κ1) is 30.9. The van der Waals surface area contributed by atoms with Gasteiger partial charge in [-0.3, -0.25) is 11.5 Å². The minimum atomic E-state index is -1.43. The second-order valence-electron chi connectivity index (χ2n) is 11.8. The van der Waals surface area contributed by atoms with Crippen LogP contribution in [0.5, 0.6) is 0 Å². The van der Waals surface area contributed by atoms with Gasteiger partial charge >= 0.3 is 11.9 Å². The third-order valence-corrected chi connectivity index (χ3v) is 7.03. The Morgan fingerprint density at radius 3 is 1.43 bits per heavy atom. The van der Waals surface area contributed by atoms with E-state index >= 15 is 0 Å². The highest BCUT2D eigenvalue weighted by atomic mass is 19.1. The first-order chi connectivity index (χ1) is 19.6.